The molecule has 0 saturated carbocycles. The summed E-state index contributed by atoms with van der Waals surface area (Å²) in [6.45, 7) is 20.2. The number of methoxy groups -OCH3 is 1. The van der Waals surface area contributed by atoms with Crippen LogP contribution in [0, 0.1) is 0 Å². The molecule has 1 aromatic rings. The topological polar surface area (TPSA) is 18.5 Å². The van der Waals surface area contributed by atoms with Gasteiger partial charge in [0.15, 0.2) is 0 Å². The third kappa shape index (κ3) is 5.50. The molecule has 0 bridgehead atoms. The van der Waals surface area contributed by atoms with Crippen molar-refractivity contribution in [1.29, 1.82) is 0 Å². The molecule has 0 aromatic heterocycles. The zero-order chi connectivity index (χ0) is 19.9. The van der Waals surface area contributed by atoms with Crippen LogP contribution in [0.5, 0.6) is 5.75 Å². The number of aryl methyl sites for hydroxylation is 1. The van der Waals surface area contributed by atoms with E-state index >= 15 is 0 Å². The van der Waals surface area contributed by atoms with Gasteiger partial charge in [-0.25, -0.2) is 0 Å². The summed E-state index contributed by atoms with van der Waals surface area (Å²) in [7, 11) is -0.219. The Morgan fingerprint density at radius 1 is 1.08 bits per heavy atom. The van der Waals surface area contributed by atoms with Crippen LogP contribution < -0.4 is 4.74 Å². The van der Waals surface area contributed by atoms with Gasteiger partial charge in [-0.05, 0) is 59.7 Å². The second-order valence-corrected chi connectivity index (χ2v) is 13.5. The van der Waals surface area contributed by atoms with Crippen molar-refractivity contribution in [2.45, 2.75) is 77.9 Å². The van der Waals surface area contributed by atoms with Gasteiger partial charge in [0.1, 0.15) is 5.75 Å². The Morgan fingerprint density at radius 3 is 2.15 bits per heavy atom. The van der Waals surface area contributed by atoms with Crippen LogP contribution in [0.3, 0.4) is 0 Å². The molecule has 0 spiro atoms. The Hall–Kier alpha value is -1.48. The van der Waals surface area contributed by atoms with Crippen molar-refractivity contribution in [2.24, 2.45) is 0 Å². The normalized spacial score (nSPS) is 12.8. The third-order valence-electron chi connectivity index (χ3n) is 5.46. The van der Waals surface area contributed by atoms with Gasteiger partial charge in [-0.3, -0.25) is 0 Å². The third-order valence-corrected chi connectivity index (χ3v) is 11.5. The van der Waals surface area contributed by atoms with Crippen molar-refractivity contribution in [3.8, 4) is 5.75 Å². The van der Waals surface area contributed by atoms with Gasteiger partial charge >= 0.3 is 0 Å². The minimum absolute atomic E-state index is 0.559. The van der Waals surface area contributed by atoms with Crippen molar-refractivity contribution in [1.82, 2.24) is 0 Å². The Labute approximate surface area is 162 Å². The van der Waals surface area contributed by atoms with E-state index < -0.39 is 8.32 Å². The van der Waals surface area contributed by atoms with Crippen LogP contribution in [-0.2, 0) is 10.8 Å². The molecule has 0 saturated heterocycles. The molecule has 146 valence electrons. The van der Waals surface area contributed by atoms with Crippen LogP contribution in [0.4, 0.5) is 0 Å². The van der Waals surface area contributed by atoms with E-state index in [4.69, 9.17) is 9.16 Å². The Kier molecular flexibility index (Phi) is 8.68. The van der Waals surface area contributed by atoms with Crippen LogP contribution in [0.2, 0.25) is 16.6 Å². The number of ether oxygens (including phenoxy) is 1. The number of allylic oxidation sites excluding steroid dienone is 2. The predicted molar refractivity (Wildman–Crippen MR) is 116 cm³/mol. The molecule has 0 N–H and O–H groups in total. The predicted octanol–water partition coefficient (Wildman–Crippen LogP) is 7.28. The zero-order valence-electron chi connectivity index (χ0n) is 18.1. The highest BCUT2D eigenvalue weighted by atomic mass is 28.4. The second-order valence-electron chi connectivity index (χ2n) is 8.12. The maximum absolute atomic E-state index is 6.68. The van der Waals surface area contributed by atoms with E-state index in [1.807, 2.05) is 12.1 Å². The van der Waals surface area contributed by atoms with Crippen LogP contribution >= 0.6 is 0 Å². The number of hydrogen-bond acceptors (Lipinski definition) is 2. The van der Waals surface area contributed by atoms with E-state index in [9.17, 15) is 0 Å². The maximum Gasteiger partial charge on any atom is 0.258 e. The van der Waals surface area contributed by atoms with Gasteiger partial charge in [-0.1, -0.05) is 66.3 Å². The Balaban J connectivity index is 2.79. The molecule has 3 heteroatoms. The van der Waals surface area contributed by atoms with Crippen LogP contribution in [-0.4, -0.2) is 15.4 Å². The Morgan fingerprint density at radius 2 is 1.65 bits per heavy atom. The first kappa shape index (κ1) is 22.6. The second kappa shape index (κ2) is 10.0. The fourth-order valence-corrected chi connectivity index (χ4v) is 9.34. The SMILES string of the molecule is C=C(O[Si](C(C)C)(C(C)C)C(C)C)/C(C)=C/CCc1cccc(OC)c1. The first-order valence-electron chi connectivity index (χ1n) is 9.83. The molecule has 0 radical (unpaired) electrons. The molecule has 0 heterocycles. The highest BCUT2D eigenvalue weighted by Gasteiger charge is 2.47. The molecule has 26 heavy (non-hydrogen) atoms. The van der Waals surface area contributed by atoms with Crippen LogP contribution in [0.25, 0.3) is 0 Å². The molecule has 0 aliphatic rings. The van der Waals surface area contributed by atoms with Gasteiger partial charge in [0, 0.05) is 0 Å². The molecular formula is C23H38O2Si. The minimum atomic E-state index is -1.93. The monoisotopic (exact) mass is 374 g/mol. The van der Waals surface area contributed by atoms with Crippen molar-refractivity contribution in [3.05, 3.63) is 53.8 Å². The van der Waals surface area contributed by atoms with Crippen molar-refractivity contribution >= 4 is 8.32 Å². The smallest absolute Gasteiger partial charge is 0.258 e. The molecule has 0 amide bonds. The highest BCUT2D eigenvalue weighted by molar-refractivity contribution is 6.77. The van der Waals surface area contributed by atoms with Gasteiger partial charge in [0.25, 0.3) is 8.32 Å². The lowest BCUT2D eigenvalue weighted by atomic mass is 10.1. The quantitative estimate of drug-likeness (QED) is 0.243. The first-order chi connectivity index (χ1) is 12.1. The summed E-state index contributed by atoms with van der Waals surface area (Å²) in [5.41, 5.74) is 4.12. The van der Waals surface area contributed by atoms with E-state index in [0.717, 1.165) is 29.9 Å². The summed E-state index contributed by atoms with van der Waals surface area (Å²) in [4.78, 5) is 0. The fourth-order valence-electron chi connectivity index (χ4n) is 4.04. The lowest BCUT2D eigenvalue weighted by Crippen LogP contribution is -2.47. The average Bonchev–Trinajstić information content (AvgIpc) is 2.58. The zero-order valence-corrected chi connectivity index (χ0v) is 19.1. The molecule has 0 fully saturated rings. The summed E-state index contributed by atoms with van der Waals surface area (Å²) in [6.07, 6.45) is 4.21. The molecule has 1 rings (SSSR count). The van der Waals surface area contributed by atoms with E-state index in [2.05, 4.69) is 73.3 Å². The number of rotatable bonds is 10. The van der Waals surface area contributed by atoms with Crippen molar-refractivity contribution in [2.75, 3.05) is 7.11 Å². The molecule has 0 aliphatic heterocycles. The van der Waals surface area contributed by atoms with Gasteiger partial charge in [0.05, 0.1) is 12.9 Å². The lowest BCUT2D eigenvalue weighted by Gasteiger charge is -2.42. The summed E-state index contributed by atoms with van der Waals surface area (Å²) in [5, 5.41) is 0. The summed E-state index contributed by atoms with van der Waals surface area (Å²) < 4.78 is 12.0. The molecular weight excluding hydrogens is 336 g/mol. The first-order valence-corrected chi connectivity index (χ1v) is 12.0. The molecule has 2 nitrogen and oxygen atoms in total. The van der Waals surface area contributed by atoms with Gasteiger partial charge in [-0.15, -0.1) is 0 Å². The molecule has 0 aliphatic carbocycles. The van der Waals surface area contributed by atoms with Crippen LogP contribution in [0.15, 0.2) is 48.3 Å². The summed E-state index contributed by atoms with van der Waals surface area (Å²) >= 11 is 0. The number of benzene rings is 1. The highest BCUT2D eigenvalue weighted by Crippen LogP contribution is 2.44. The van der Waals surface area contributed by atoms with Gasteiger partial charge < -0.3 is 9.16 Å². The molecule has 0 unspecified atom stereocenters. The summed E-state index contributed by atoms with van der Waals surface area (Å²) in [5.74, 6) is 1.77. The van der Waals surface area contributed by atoms with Crippen molar-refractivity contribution in [3.63, 3.8) is 0 Å². The Bertz CT molecular complexity index is 593. The van der Waals surface area contributed by atoms with Crippen LogP contribution in [0.1, 0.15) is 60.5 Å². The summed E-state index contributed by atoms with van der Waals surface area (Å²) in [6, 6.07) is 8.27. The molecule has 1 aromatic carbocycles. The molecule has 0 atom stereocenters. The lowest BCUT2D eigenvalue weighted by molar-refractivity contribution is 0.382. The van der Waals surface area contributed by atoms with E-state index in [1.54, 1.807) is 7.11 Å². The standard InChI is InChI=1S/C23H38O2Si/c1-17(2)26(18(3)4,19(5)6)25-21(8)20(7)12-10-13-22-14-11-15-23(16-22)24-9/h11-12,14-19H,8,10,13H2,1-7,9H3/b20-12+. The maximum atomic E-state index is 6.68. The van der Waals surface area contributed by atoms with Crippen molar-refractivity contribution < 1.29 is 9.16 Å². The number of hydrogen-bond donors (Lipinski definition) is 0. The van der Waals surface area contributed by atoms with E-state index in [0.29, 0.717) is 16.6 Å². The van der Waals surface area contributed by atoms with Gasteiger partial charge in [0.2, 0.25) is 0 Å². The van der Waals surface area contributed by atoms with Gasteiger partial charge in [-0.2, -0.15) is 0 Å². The average molecular weight is 375 g/mol. The minimum Gasteiger partial charge on any atom is -0.543 e. The van der Waals surface area contributed by atoms with E-state index in [-0.39, 0.29) is 0 Å². The van der Waals surface area contributed by atoms with E-state index in [1.165, 1.54) is 5.56 Å². The fraction of sp³-hybridized carbons (Fsp3) is 0.565. The largest absolute Gasteiger partial charge is 0.543 e.